The second kappa shape index (κ2) is 4.88. The van der Waals surface area contributed by atoms with Crippen LogP contribution in [0.15, 0.2) is 0 Å². The van der Waals surface area contributed by atoms with Gasteiger partial charge in [-0.05, 0) is 19.4 Å². The van der Waals surface area contributed by atoms with Crippen molar-refractivity contribution >= 4 is 11.9 Å². The summed E-state index contributed by atoms with van der Waals surface area (Å²) < 4.78 is 0. The molecule has 2 N–H and O–H groups in total. The van der Waals surface area contributed by atoms with Crippen LogP contribution in [0.3, 0.4) is 0 Å². The SMILES string of the molecule is CCC1(C(=O)N2CC(C(C)C(=O)O)C2)CCNC1. The van der Waals surface area contributed by atoms with E-state index in [0.717, 1.165) is 25.9 Å². The fourth-order valence-corrected chi connectivity index (χ4v) is 2.91. The van der Waals surface area contributed by atoms with Crippen LogP contribution in [0.5, 0.6) is 0 Å². The van der Waals surface area contributed by atoms with Crippen LogP contribution >= 0.6 is 0 Å². The smallest absolute Gasteiger partial charge is 0.306 e. The number of nitrogens with zero attached hydrogens (tertiary/aromatic N) is 1. The second-order valence-electron chi connectivity index (χ2n) is 5.66. The van der Waals surface area contributed by atoms with E-state index in [0.29, 0.717) is 13.1 Å². The molecule has 0 aromatic rings. The quantitative estimate of drug-likeness (QED) is 0.769. The van der Waals surface area contributed by atoms with Crippen molar-refractivity contribution in [1.29, 1.82) is 0 Å². The maximum Gasteiger partial charge on any atom is 0.306 e. The highest BCUT2D eigenvalue weighted by atomic mass is 16.4. The largest absolute Gasteiger partial charge is 0.481 e. The molecule has 2 aliphatic heterocycles. The van der Waals surface area contributed by atoms with Crippen molar-refractivity contribution in [2.75, 3.05) is 26.2 Å². The summed E-state index contributed by atoms with van der Waals surface area (Å²) in [5.41, 5.74) is -0.239. The van der Waals surface area contributed by atoms with E-state index < -0.39 is 5.97 Å². The molecule has 2 heterocycles. The first-order valence-corrected chi connectivity index (χ1v) is 6.73. The normalized spacial score (nSPS) is 30.0. The lowest BCUT2D eigenvalue weighted by Gasteiger charge is -2.45. The maximum atomic E-state index is 12.5. The van der Waals surface area contributed by atoms with Gasteiger partial charge in [0.25, 0.3) is 0 Å². The van der Waals surface area contributed by atoms with Gasteiger partial charge >= 0.3 is 5.97 Å². The molecule has 0 aliphatic carbocycles. The molecule has 2 saturated heterocycles. The van der Waals surface area contributed by atoms with E-state index >= 15 is 0 Å². The van der Waals surface area contributed by atoms with Crippen LogP contribution in [0.2, 0.25) is 0 Å². The van der Waals surface area contributed by atoms with Gasteiger partial charge in [0.05, 0.1) is 11.3 Å². The zero-order valence-corrected chi connectivity index (χ0v) is 11.1. The van der Waals surface area contributed by atoms with Crippen LogP contribution in [-0.4, -0.2) is 48.1 Å². The van der Waals surface area contributed by atoms with Gasteiger partial charge in [0.2, 0.25) is 5.91 Å². The predicted octanol–water partition coefficient (Wildman–Crippen LogP) is 0.555. The highest BCUT2D eigenvalue weighted by Crippen LogP contribution is 2.35. The molecule has 0 saturated carbocycles. The molecule has 2 unspecified atom stereocenters. The van der Waals surface area contributed by atoms with Gasteiger partial charge in [-0.3, -0.25) is 9.59 Å². The van der Waals surface area contributed by atoms with Crippen molar-refractivity contribution < 1.29 is 14.7 Å². The number of likely N-dealkylation sites (tertiary alicyclic amines) is 1. The van der Waals surface area contributed by atoms with Crippen LogP contribution in [0.4, 0.5) is 0 Å². The Morgan fingerprint density at radius 3 is 2.61 bits per heavy atom. The van der Waals surface area contributed by atoms with Crippen molar-refractivity contribution in [3.05, 3.63) is 0 Å². The maximum absolute atomic E-state index is 12.5. The summed E-state index contributed by atoms with van der Waals surface area (Å²) in [6.45, 7) is 6.66. The van der Waals surface area contributed by atoms with E-state index in [4.69, 9.17) is 5.11 Å². The minimum Gasteiger partial charge on any atom is -0.481 e. The van der Waals surface area contributed by atoms with Crippen molar-refractivity contribution in [1.82, 2.24) is 10.2 Å². The minimum atomic E-state index is -0.764. The molecular weight excluding hydrogens is 232 g/mol. The number of aliphatic carboxylic acids is 1. The molecule has 0 radical (unpaired) electrons. The van der Waals surface area contributed by atoms with Crippen molar-refractivity contribution in [3.63, 3.8) is 0 Å². The molecule has 0 bridgehead atoms. The van der Waals surface area contributed by atoms with E-state index in [-0.39, 0.29) is 23.2 Å². The summed E-state index contributed by atoms with van der Waals surface area (Å²) in [4.78, 5) is 25.2. The van der Waals surface area contributed by atoms with Gasteiger partial charge in [-0.2, -0.15) is 0 Å². The summed E-state index contributed by atoms with van der Waals surface area (Å²) in [6, 6.07) is 0. The molecule has 2 atom stereocenters. The lowest BCUT2D eigenvalue weighted by Crippen LogP contribution is -2.58. The first-order chi connectivity index (χ1) is 8.50. The Morgan fingerprint density at radius 2 is 2.17 bits per heavy atom. The molecule has 0 aromatic carbocycles. The molecule has 5 nitrogen and oxygen atoms in total. The average Bonchev–Trinajstić information content (AvgIpc) is 2.76. The monoisotopic (exact) mass is 254 g/mol. The summed E-state index contributed by atoms with van der Waals surface area (Å²) in [6.07, 6.45) is 1.76. The van der Waals surface area contributed by atoms with E-state index in [9.17, 15) is 9.59 Å². The summed E-state index contributed by atoms with van der Waals surface area (Å²) in [5.74, 6) is -0.785. The zero-order chi connectivity index (χ0) is 13.3. The van der Waals surface area contributed by atoms with Gasteiger partial charge in [-0.15, -0.1) is 0 Å². The van der Waals surface area contributed by atoms with E-state index in [1.54, 1.807) is 6.92 Å². The highest BCUT2D eigenvalue weighted by Gasteiger charge is 2.46. The number of amides is 1. The fourth-order valence-electron chi connectivity index (χ4n) is 2.91. The number of carboxylic acids is 1. The third-order valence-corrected chi connectivity index (χ3v) is 4.67. The molecule has 0 aromatic heterocycles. The molecule has 1 amide bonds. The van der Waals surface area contributed by atoms with E-state index in [1.807, 2.05) is 4.90 Å². The number of carbonyl (C=O) groups excluding carboxylic acids is 1. The van der Waals surface area contributed by atoms with Gasteiger partial charge in [0.1, 0.15) is 0 Å². The van der Waals surface area contributed by atoms with Gasteiger partial charge < -0.3 is 15.3 Å². The van der Waals surface area contributed by atoms with Crippen LogP contribution in [-0.2, 0) is 9.59 Å². The van der Waals surface area contributed by atoms with Crippen molar-refractivity contribution in [3.8, 4) is 0 Å². The topological polar surface area (TPSA) is 69.6 Å². The Morgan fingerprint density at radius 1 is 1.50 bits per heavy atom. The molecule has 2 aliphatic rings. The standard InChI is InChI=1S/C13H22N2O3/c1-3-13(4-5-14-8-13)12(18)15-6-10(7-15)9(2)11(16)17/h9-10,14H,3-8H2,1-2H3,(H,16,17). The van der Waals surface area contributed by atoms with Crippen LogP contribution in [0.1, 0.15) is 26.7 Å². The third kappa shape index (κ3) is 2.11. The number of hydrogen-bond acceptors (Lipinski definition) is 3. The predicted molar refractivity (Wildman–Crippen MR) is 67.1 cm³/mol. The lowest BCUT2D eigenvalue weighted by molar-refractivity contribution is -0.155. The lowest BCUT2D eigenvalue weighted by atomic mass is 9.79. The number of nitrogens with one attached hydrogen (secondary N) is 1. The van der Waals surface area contributed by atoms with Gasteiger partial charge in [-0.1, -0.05) is 13.8 Å². The van der Waals surface area contributed by atoms with Gasteiger partial charge in [0, 0.05) is 25.6 Å². The average molecular weight is 254 g/mol. The first-order valence-electron chi connectivity index (χ1n) is 6.73. The van der Waals surface area contributed by atoms with Gasteiger partial charge in [-0.25, -0.2) is 0 Å². The Balaban J connectivity index is 1.92. The summed E-state index contributed by atoms with van der Waals surface area (Å²) >= 11 is 0. The van der Waals surface area contributed by atoms with E-state index in [2.05, 4.69) is 12.2 Å². The summed E-state index contributed by atoms with van der Waals surface area (Å²) in [5, 5.41) is 12.2. The number of rotatable bonds is 4. The third-order valence-electron chi connectivity index (χ3n) is 4.67. The molecule has 2 fully saturated rings. The Kier molecular flexibility index (Phi) is 3.61. The number of hydrogen-bond donors (Lipinski definition) is 2. The van der Waals surface area contributed by atoms with Crippen LogP contribution in [0, 0.1) is 17.3 Å². The zero-order valence-electron chi connectivity index (χ0n) is 11.1. The fraction of sp³-hybridized carbons (Fsp3) is 0.846. The Hall–Kier alpha value is -1.10. The van der Waals surface area contributed by atoms with Crippen molar-refractivity contribution in [2.24, 2.45) is 17.3 Å². The molecule has 18 heavy (non-hydrogen) atoms. The number of carbonyl (C=O) groups is 2. The second-order valence-corrected chi connectivity index (χ2v) is 5.66. The molecule has 2 rings (SSSR count). The Labute approximate surface area is 108 Å². The number of carboxylic acid groups (broad SMARTS) is 1. The highest BCUT2D eigenvalue weighted by molar-refractivity contribution is 5.84. The summed E-state index contributed by atoms with van der Waals surface area (Å²) in [7, 11) is 0. The molecule has 5 heteroatoms. The first kappa shape index (κ1) is 13.3. The Bertz CT molecular complexity index is 344. The molecule has 0 spiro atoms. The molecular formula is C13H22N2O3. The van der Waals surface area contributed by atoms with Crippen LogP contribution < -0.4 is 5.32 Å². The van der Waals surface area contributed by atoms with E-state index in [1.165, 1.54) is 0 Å². The molecule has 102 valence electrons. The van der Waals surface area contributed by atoms with Gasteiger partial charge in [0.15, 0.2) is 0 Å². The van der Waals surface area contributed by atoms with Crippen molar-refractivity contribution in [2.45, 2.75) is 26.7 Å². The minimum absolute atomic E-state index is 0.120. The van der Waals surface area contributed by atoms with Crippen LogP contribution in [0.25, 0.3) is 0 Å².